The van der Waals surface area contributed by atoms with Gasteiger partial charge in [-0.15, -0.1) is 0 Å². The summed E-state index contributed by atoms with van der Waals surface area (Å²) in [5, 5.41) is 17.8. The number of nitriles is 2. The highest BCUT2D eigenvalue weighted by Gasteiger charge is 2.42. The number of rotatable bonds is 0. The van der Waals surface area contributed by atoms with E-state index < -0.39 is 0 Å². The molecule has 82 valence electrons. The van der Waals surface area contributed by atoms with E-state index >= 15 is 0 Å². The summed E-state index contributed by atoms with van der Waals surface area (Å²) >= 11 is 0. The van der Waals surface area contributed by atoms with Gasteiger partial charge in [0.1, 0.15) is 23.5 Å². The lowest BCUT2D eigenvalue weighted by Gasteiger charge is -2.29. The highest BCUT2D eigenvalue weighted by molar-refractivity contribution is 5.88. The maximum Gasteiger partial charge on any atom is 0.140 e. The van der Waals surface area contributed by atoms with Crippen LogP contribution in [0.1, 0.15) is 32.6 Å². The van der Waals surface area contributed by atoms with E-state index in [0.717, 1.165) is 24.8 Å². The lowest BCUT2D eigenvalue weighted by molar-refractivity contribution is -0.122. The molecule has 0 amide bonds. The Bertz CT molecular complexity index is 420. The van der Waals surface area contributed by atoms with E-state index in [9.17, 15) is 4.79 Å². The molecule has 0 saturated heterocycles. The molecule has 2 saturated carbocycles. The van der Waals surface area contributed by atoms with Crippen molar-refractivity contribution in [3.8, 4) is 12.1 Å². The van der Waals surface area contributed by atoms with Gasteiger partial charge in [-0.3, -0.25) is 4.79 Å². The molecule has 0 aromatic carbocycles. The van der Waals surface area contributed by atoms with Crippen LogP contribution in [0.25, 0.3) is 0 Å². The fourth-order valence-electron chi connectivity index (χ4n) is 3.04. The highest BCUT2D eigenvalue weighted by atomic mass is 16.1. The van der Waals surface area contributed by atoms with Gasteiger partial charge in [0, 0.05) is 12.3 Å². The summed E-state index contributed by atoms with van der Waals surface area (Å²) in [6, 6.07) is 3.86. The predicted octanol–water partition coefficient (Wildman–Crippen LogP) is 2.36. The zero-order chi connectivity index (χ0) is 11.7. The molecule has 0 heterocycles. The fourth-order valence-corrected chi connectivity index (χ4v) is 3.04. The number of allylic oxidation sites excluding steroid dienone is 2. The quantitative estimate of drug-likeness (QED) is 0.581. The summed E-state index contributed by atoms with van der Waals surface area (Å²) in [5.41, 5.74) is 0.988. The Morgan fingerprint density at radius 1 is 1.25 bits per heavy atom. The van der Waals surface area contributed by atoms with Gasteiger partial charge < -0.3 is 0 Å². The molecule has 0 radical (unpaired) electrons. The average molecular weight is 214 g/mol. The molecule has 0 aromatic rings. The first kappa shape index (κ1) is 10.9. The van der Waals surface area contributed by atoms with E-state index in [-0.39, 0.29) is 23.2 Å². The summed E-state index contributed by atoms with van der Waals surface area (Å²) in [5.74, 6) is 1.09. The summed E-state index contributed by atoms with van der Waals surface area (Å²) < 4.78 is 0. The van der Waals surface area contributed by atoms with Gasteiger partial charge in [-0.2, -0.15) is 10.5 Å². The van der Waals surface area contributed by atoms with Crippen molar-refractivity contribution in [2.75, 3.05) is 0 Å². The number of fused-ring (bicyclic) bond motifs is 1. The van der Waals surface area contributed by atoms with Gasteiger partial charge in [-0.05, 0) is 36.7 Å². The Morgan fingerprint density at radius 3 is 2.56 bits per heavy atom. The maximum atomic E-state index is 11.8. The van der Waals surface area contributed by atoms with Crippen molar-refractivity contribution >= 4 is 5.78 Å². The molecule has 0 aliphatic heterocycles. The Labute approximate surface area is 95.4 Å². The van der Waals surface area contributed by atoms with Crippen LogP contribution in [0.3, 0.4) is 0 Å². The van der Waals surface area contributed by atoms with Gasteiger partial charge in [0.05, 0.1) is 0 Å². The molecule has 0 bridgehead atoms. The van der Waals surface area contributed by atoms with Crippen LogP contribution in [0.4, 0.5) is 0 Å². The fraction of sp³-hybridized carbons (Fsp3) is 0.615. The van der Waals surface area contributed by atoms with Crippen molar-refractivity contribution in [3.05, 3.63) is 11.1 Å². The summed E-state index contributed by atoms with van der Waals surface area (Å²) in [7, 11) is 0. The van der Waals surface area contributed by atoms with Gasteiger partial charge >= 0.3 is 0 Å². The van der Waals surface area contributed by atoms with E-state index in [1.807, 2.05) is 12.1 Å². The van der Waals surface area contributed by atoms with Gasteiger partial charge in [-0.1, -0.05) is 6.92 Å². The first-order valence-electron chi connectivity index (χ1n) is 5.73. The van der Waals surface area contributed by atoms with Crippen LogP contribution < -0.4 is 0 Å². The molecule has 16 heavy (non-hydrogen) atoms. The van der Waals surface area contributed by atoms with Crippen LogP contribution in [-0.2, 0) is 4.79 Å². The van der Waals surface area contributed by atoms with Crippen LogP contribution >= 0.6 is 0 Å². The Kier molecular flexibility index (Phi) is 2.79. The summed E-state index contributed by atoms with van der Waals surface area (Å²) in [6.45, 7) is 2.18. The molecule has 0 aromatic heterocycles. The minimum atomic E-state index is 0.0860. The molecule has 3 atom stereocenters. The second-order valence-corrected chi connectivity index (χ2v) is 4.90. The average Bonchev–Trinajstić information content (AvgIpc) is 2.58. The zero-order valence-electron chi connectivity index (χ0n) is 9.36. The molecule has 2 aliphatic rings. The zero-order valence-corrected chi connectivity index (χ0v) is 9.36. The van der Waals surface area contributed by atoms with Crippen LogP contribution in [0.5, 0.6) is 0 Å². The lowest BCUT2D eigenvalue weighted by Crippen LogP contribution is -2.23. The number of Topliss-reactive ketones (excluding diaryl/α,β-unsaturated/α-hetero) is 1. The molecule has 0 N–H and O–H groups in total. The smallest absolute Gasteiger partial charge is 0.140 e. The molecule has 2 aliphatic carbocycles. The van der Waals surface area contributed by atoms with Crippen molar-refractivity contribution < 1.29 is 4.79 Å². The second kappa shape index (κ2) is 4.10. The van der Waals surface area contributed by atoms with E-state index in [1.54, 1.807) is 0 Å². The molecule has 3 unspecified atom stereocenters. The van der Waals surface area contributed by atoms with Crippen molar-refractivity contribution in [1.29, 1.82) is 10.5 Å². The largest absolute Gasteiger partial charge is 0.299 e. The van der Waals surface area contributed by atoms with E-state index in [1.165, 1.54) is 0 Å². The summed E-state index contributed by atoms with van der Waals surface area (Å²) in [6.07, 6.45) is 3.31. The van der Waals surface area contributed by atoms with Crippen LogP contribution in [0, 0.1) is 40.4 Å². The predicted molar refractivity (Wildman–Crippen MR) is 57.9 cm³/mol. The number of nitrogens with zero attached hydrogens (tertiary/aromatic N) is 2. The van der Waals surface area contributed by atoms with Gasteiger partial charge in [0.25, 0.3) is 0 Å². The normalized spacial score (nSPS) is 32.8. The first-order valence-corrected chi connectivity index (χ1v) is 5.73. The molecule has 2 rings (SSSR count). The minimum absolute atomic E-state index is 0.0860. The number of carbonyl (C=O) groups excluding carboxylic acids is 1. The van der Waals surface area contributed by atoms with Gasteiger partial charge in [0.2, 0.25) is 0 Å². The number of ketones is 1. The molecular formula is C13H14N2O. The number of hydrogen-bond acceptors (Lipinski definition) is 3. The molecule has 3 heteroatoms. The van der Waals surface area contributed by atoms with E-state index in [2.05, 4.69) is 6.92 Å². The molecule has 0 spiro atoms. The third kappa shape index (κ3) is 1.63. The van der Waals surface area contributed by atoms with Crippen molar-refractivity contribution in [2.45, 2.75) is 32.6 Å². The van der Waals surface area contributed by atoms with Gasteiger partial charge in [0.15, 0.2) is 0 Å². The number of carbonyl (C=O) groups is 1. The van der Waals surface area contributed by atoms with Crippen LogP contribution in [0.15, 0.2) is 11.1 Å². The van der Waals surface area contributed by atoms with Crippen molar-refractivity contribution in [1.82, 2.24) is 0 Å². The van der Waals surface area contributed by atoms with Crippen molar-refractivity contribution in [3.63, 3.8) is 0 Å². The number of hydrogen-bond donors (Lipinski definition) is 0. The SMILES string of the molecule is CC1CCC2C(=O)CC(=C(C#N)C#N)C2C1. The maximum absolute atomic E-state index is 11.8. The van der Waals surface area contributed by atoms with Crippen molar-refractivity contribution in [2.24, 2.45) is 17.8 Å². The monoisotopic (exact) mass is 214 g/mol. The van der Waals surface area contributed by atoms with E-state index in [0.29, 0.717) is 12.3 Å². The molecule has 3 nitrogen and oxygen atoms in total. The summed E-state index contributed by atoms with van der Waals surface area (Å²) in [4.78, 5) is 11.8. The second-order valence-electron chi connectivity index (χ2n) is 4.90. The molecular weight excluding hydrogens is 200 g/mol. The Hall–Kier alpha value is -1.61. The molecule has 2 fully saturated rings. The minimum Gasteiger partial charge on any atom is -0.299 e. The Morgan fingerprint density at radius 2 is 1.94 bits per heavy atom. The first-order chi connectivity index (χ1) is 7.67. The third-order valence-electron chi connectivity index (χ3n) is 3.88. The highest BCUT2D eigenvalue weighted by Crippen LogP contribution is 2.46. The standard InChI is InChI=1S/C13H14N2O/c1-8-2-3-10-12(4-8)11(5-13(10)16)9(6-14)7-15/h8,10,12H,2-5H2,1H3. The third-order valence-corrected chi connectivity index (χ3v) is 3.88. The Balaban J connectivity index is 2.37. The van der Waals surface area contributed by atoms with E-state index in [4.69, 9.17) is 10.5 Å². The lowest BCUT2D eigenvalue weighted by atomic mass is 9.74. The van der Waals surface area contributed by atoms with Crippen LogP contribution in [0.2, 0.25) is 0 Å². The topological polar surface area (TPSA) is 64.7 Å². The van der Waals surface area contributed by atoms with Gasteiger partial charge in [-0.25, -0.2) is 0 Å². The van der Waals surface area contributed by atoms with Crippen LogP contribution in [-0.4, -0.2) is 5.78 Å².